The Balaban J connectivity index is 1.93. The van der Waals surface area contributed by atoms with Gasteiger partial charge in [-0.15, -0.1) is 0 Å². The van der Waals surface area contributed by atoms with Crippen molar-refractivity contribution in [3.05, 3.63) is 94.0 Å². The van der Waals surface area contributed by atoms with Crippen LogP contribution in [0.15, 0.2) is 72.3 Å². The van der Waals surface area contributed by atoms with Gasteiger partial charge in [-0.1, -0.05) is 72.3 Å². The first-order valence-electron chi connectivity index (χ1n) is 11.5. The molecule has 0 radical (unpaired) electrons. The summed E-state index contributed by atoms with van der Waals surface area (Å²) in [7, 11) is 0. The molecule has 2 atom stereocenters. The van der Waals surface area contributed by atoms with Gasteiger partial charge in [0.15, 0.2) is 0 Å². The lowest BCUT2D eigenvalue weighted by Gasteiger charge is -2.34. The molecule has 0 saturated heterocycles. The predicted octanol–water partition coefficient (Wildman–Crippen LogP) is 8.29. The number of alkyl halides is 3. The molecular weight excluding hydrogens is 479 g/mol. The average Bonchev–Trinajstić information content (AvgIpc) is 2.83. The summed E-state index contributed by atoms with van der Waals surface area (Å²) < 4.78 is 45.9. The smallest absolute Gasteiger partial charge is 0.316 e. The second-order valence-electron chi connectivity index (χ2n) is 8.48. The first-order chi connectivity index (χ1) is 16.3. The van der Waals surface area contributed by atoms with Crippen LogP contribution in [-0.4, -0.2) is 30.3 Å². The normalized spacial score (nSPS) is 15.9. The Hall–Kier alpha value is -1.73. The van der Waals surface area contributed by atoms with E-state index in [9.17, 15) is 13.2 Å². The topological polar surface area (TPSA) is 12.5 Å². The molecule has 0 fully saturated rings. The molecule has 2 aromatic carbocycles. The van der Waals surface area contributed by atoms with Crippen LogP contribution in [-0.2, 0) is 16.9 Å². The minimum atomic E-state index is -4.49. The second-order valence-corrected chi connectivity index (χ2v) is 9.43. The lowest BCUT2D eigenvalue weighted by molar-refractivity contribution is -0.137. The summed E-state index contributed by atoms with van der Waals surface area (Å²) in [6.07, 6.45) is 6.80. The first-order valence-corrected chi connectivity index (χ1v) is 13.0. The molecule has 0 saturated carbocycles. The van der Waals surface area contributed by atoms with Crippen molar-refractivity contribution in [3.8, 4) is 0 Å². The fraction of sp³-hybridized carbons (Fsp3) is 0.407. The van der Waals surface area contributed by atoms with Gasteiger partial charge in [0.2, 0.25) is 0 Å². The molecule has 0 amide bonds. The molecule has 3 rings (SSSR count). The maximum absolute atomic E-state index is 13.5. The van der Waals surface area contributed by atoms with Crippen LogP contribution in [0.1, 0.15) is 48.8 Å². The number of hydrogen-bond acceptors (Lipinski definition) is 3. The van der Waals surface area contributed by atoms with Crippen LogP contribution in [0.3, 0.4) is 0 Å². The summed E-state index contributed by atoms with van der Waals surface area (Å²) in [5.74, 6) is 0.103. The number of benzene rings is 2. The van der Waals surface area contributed by atoms with E-state index < -0.39 is 11.7 Å². The van der Waals surface area contributed by atoms with Crippen LogP contribution in [0.5, 0.6) is 0 Å². The van der Waals surface area contributed by atoms with Crippen molar-refractivity contribution in [2.45, 2.75) is 50.9 Å². The molecule has 0 aliphatic heterocycles. The highest BCUT2D eigenvalue weighted by Gasteiger charge is 2.34. The molecule has 0 spiro atoms. The van der Waals surface area contributed by atoms with Gasteiger partial charge in [-0.25, -0.2) is 0 Å². The molecule has 0 bridgehead atoms. The van der Waals surface area contributed by atoms with Crippen molar-refractivity contribution >= 4 is 23.6 Å². The van der Waals surface area contributed by atoms with Crippen molar-refractivity contribution < 1.29 is 17.4 Å². The molecule has 1 aliphatic rings. The third-order valence-corrected chi connectivity index (χ3v) is 7.01. The minimum Gasteiger partial charge on any atom is -0.316 e. The number of nitrogens with zero attached hydrogens (tertiary/aromatic N) is 1. The Morgan fingerprint density at radius 2 is 1.85 bits per heavy atom. The summed E-state index contributed by atoms with van der Waals surface area (Å²) in [6, 6.07) is 14.5. The van der Waals surface area contributed by atoms with Crippen molar-refractivity contribution in [1.29, 1.82) is 0 Å². The van der Waals surface area contributed by atoms with Crippen LogP contribution in [0.4, 0.5) is 13.2 Å². The summed E-state index contributed by atoms with van der Waals surface area (Å²) in [4.78, 5) is 2.23. The molecule has 7 heteroatoms. The van der Waals surface area contributed by atoms with E-state index in [1.165, 1.54) is 29.2 Å². The Morgan fingerprint density at radius 1 is 1.09 bits per heavy atom. The molecule has 1 unspecified atom stereocenters. The van der Waals surface area contributed by atoms with Crippen LogP contribution in [0, 0.1) is 0 Å². The van der Waals surface area contributed by atoms with Crippen molar-refractivity contribution in [2.24, 2.45) is 0 Å². The highest BCUT2D eigenvalue weighted by Crippen LogP contribution is 2.37. The van der Waals surface area contributed by atoms with E-state index in [4.69, 9.17) is 15.8 Å². The minimum absolute atomic E-state index is 0.0807. The van der Waals surface area contributed by atoms with Crippen molar-refractivity contribution in [2.75, 3.05) is 19.4 Å². The Morgan fingerprint density at radius 3 is 2.50 bits per heavy atom. The summed E-state index contributed by atoms with van der Waals surface area (Å²) in [6.45, 7) is 3.64. The van der Waals surface area contributed by atoms with E-state index in [0.29, 0.717) is 25.3 Å². The van der Waals surface area contributed by atoms with E-state index >= 15 is 0 Å². The van der Waals surface area contributed by atoms with Gasteiger partial charge >= 0.3 is 6.18 Å². The van der Waals surface area contributed by atoms with Gasteiger partial charge in [0, 0.05) is 31.3 Å². The molecular formula is C27H31ClF3NOS. The largest absolute Gasteiger partial charge is 0.417 e. The van der Waals surface area contributed by atoms with E-state index in [1.54, 1.807) is 6.07 Å². The summed E-state index contributed by atoms with van der Waals surface area (Å²) in [5.41, 5.74) is 2.12. The fourth-order valence-corrected chi connectivity index (χ4v) is 4.80. The monoisotopic (exact) mass is 509 g/mol. The van der Waals surface area contributed by atoms with Gasteiger partial charge in [-0.05, 0) is 61.0 Å². The maximum atomic E-state index is 13.5. The van der Waals surface area contributed by atoms with Gasteiger partial charge in [-0.2, -0.15) is 13.2 Å². The Kier molecular flexibility index (Phi) is 10.1. The summed E-state index contributed by atoms with van der Waals surface area (Å²) >= 11 is 7.59. The molecule has 1 aliphatic carbocycles. The number of allylic oxidation sites excluding steroid dienone is 3. The van der Waals surface area contributed by atoms with Gasteiger partial charge in [0.05, 0.1) is 17.2 Å². The number of halogens is 4. The zero-order chi connectivity index (χ0) is 24.6. The maximum Gasteiger partial charge on any atom is 0.417 e. The second kappa shape index (κ2) is 12.8. The van der Waals surface area contributed by atoms with E-state index in [-0.39, 0.29) is 17.0 Å². The lowest BCUT2D eigenvalue weighted by atomic mass is 9.87. The van der Waals surface area contributed by atoms with Crippen molar-refractivity contribution in [3.63, 3.8) is 0 Å². The Labute approximate surface area is 210 Å². The lowest BCUT2D eigenvalue weighted by Crippen LogP contribution is -2.37. The molecule has 2 aromatic rings. The van der Waals surface area contributed by atoms with Gasteiger partial charge in [0.1, 0.15) is 0 Å². The van der Waals surface area contributed by atoms with Crippen LogP contribution >= 0.6 is 23.6 Å². The van der Waals surface area contributed by atoms with Crippen molar-refractivity contribution in [1.82, 2.24) is 4.90 Å². The SMILES string of the molecule is CSOCC[C@@H](C)N(Cc1cccc(C(F)(F)F)c1Cl)CC(C1=CCCC=C1)c1ccccc1. The highest BCUT2D eigenvalue weighted by molar-refractivity contribution is 7.93. The van der Waals surface area contributed by atoms with E-state index in [1.807, 2.05) is 24.5 Å². The van der Waals surface area contributed by atoms with E-state index in [2.05, 4.69) is 42.2 Å². The molecule has 34 heavy (non-hydrogen) atoms. The van der Waals surface area contributed by atoms with Gasteiger partial charge in [-0.3, -0.25) is 4.90 Å². The quantitative estimate of drug-likeness (QED) is 0.223. The third-order valence-electron chi connectivity index (χ3n) is 6.16. The molecule has 0 N–H and O–H groups in total. The zero-order valence-corrected chi connectivity index (χ0v) is 21.1. The molecule has 184 valence electrons. The van der Waals surface area contributed by atoms with Crippen LogP contribution in [0.2, 0.25) is 5.02 Å². The number of rotatable bonds is 11. The summed E-state index contributed by atoms with van der Waals surface area (Å²) in [5, 5.41) is -0.222. The highest BCUT2D eigenvalue weighted by atomic mass is 35.5. The van der Waals surface area contributed by atoms with Crippen LogP contribution < -0.4 is 0 Å². The standard InChI is InChI=1S/C27H31ClF3NOS/c1-20(16-17-33-34-2)32(18-23-14-9-15-25(26(23)28)27(29,30)31)19-24(21-10-5-3-6-11-21)22-12-7-4-8-13-22/h3,5-7,9-15,20,24H,4,8,16-19H2,1-2H3/t20-,24?/m1/s1. The number of hydrogen-bond donors (Lipinski definition) is 0. The first kappa shape index (κ1) is 26.9. The predicted molar refractivity (Wildman–Crippen MR) is 136 cm³/mol. The van der Waals surface area contributed by atoms with Gasteiger partial charge < -0.3 is 4.18 Å². The van der Waals surface area contributed by atoms with E-state index in [0.717, 1.165) is 25.3 Å². The zero-order valence-electron chi connectivity index (χ0n) is 19.5. The van der Waals surface area contributed by atoms with Crippen LogP contribution in [0.25, 0.3) is 0 Å². The fourth-order valence-electron chi connectivity index (χ4n) is 4.24. The van der Waals surface area contributed by atoms with Gasteiger partial charge in [0.25, 0.3) is 0 Å². The molecule has 0 aromatic heterocycles. The average molecular weight is 510 g/mol. The molecule has 0 heterocycles. The molecule has 2 nitrogen and oxygen atoms in total. The Bertz CT molecular complexity index is 978. The third kappa shape index (κ3) is 7.38.